The standard InChI is InChI=1S/C16H22N2O/c1-9-7-12(16(4,5)6)8-10(2)13(9)14-11(3)18-15(17)19-14/h7-8H,1-6H3,(H2,17,18). The number of nitrogen functional groups attached to an aromatic ring is 1. The Balaban J connectivity index is 2.64. The normalized spacial score (nSPS) is 11.9. The Bertz CT molecular complexity index is 595. The SMILES string of the molecule is Cc1cc(C(C)(C)C)cc(C)c1-c1oc(N)nc1C. The van der Waals surface area contributed by atoms with E-state index in [1.54, 1.807) is 0 Å². The highest BCUT2D eigenvalue weighted by Crippen LogP contribution is 2.34. The van der Waals surface area contributed by atoms with Crippen LogP contribution in [0, 0.1) is 20.8 Å². The van der Waals surface area contributed by atoms with Crippen molar-refractivity contribution in [3.63, 3.8) is 0 Å². The lowest BCUT2D eigenvalue weighted by Gasteiger charge is -2.22. The molecule has 2 N–H and O–H groups in total. The van der Waals surface area contributed by atoms with Crippen molar-refractivity contribution in [3.05, 3.63) is 34.5 Å². The molecule has 0 amide bonds. The van der Waals surface area contributed by atoms with Gasteiger partial charge in [0.15, 0.2) is 5.76 Å². The fourth-order valence-electron chi connectivity index (χ4n) is 2.40. The highest BCUT2D eigenvalue weighted by atomic mass is 16.4. The molecule has 3 nitrogen and oxygen atoms in total. The average Bonchev–Trinajstić information content (AvgIpc) is 2.55. The zero-order chi connectivity index (χ0) is 14.4. The van der Waals surface area contributed by atoms with Gasteiger partial charge in [-0.15, -0.1) is 0 Å². The van der Waals surface area contributed by atoms with E-state index >= 15 is 0 Å². The Morgan fingerprint density at radius 2 is 1.58 bits per heavy atom. The van der Waals surface area contributed by atoms with Crippen LogP contribution in [0.4, 0.5) is 6.01 Å². The minimum Gasteiger partial charge on any atom is -0.423 e. The van der Waals surface area contributed by atoms with Gasteiger partial charge >= 0.3 is 0 Å². The summed E-state index contributed by atoms with van der Waals surface area (Å²) in [7, 11) is 0. The van der Waals surface area contributed by atoms with Crippen LogP contribution in [0.15, 0.2) is 16.5 Å². The number of benzene rings is 1. The van der Waals surface area contributed by atoms with Crippen LogP contribution in [-0.4, -0.2) is 4.98 Å². The maximum absolute atomic E-state index is 5.64. The molecule has 0 atom stereocenters. The Morgan fingerprint density at radius 3 is 1.95 bits per heavy atom. The Kier molecular flexibility index (Phi) is 3.17. The van der Waals surface area contributed by atoms with Crippen molar-refractivity contribution in [2.24, 2.45) is 0 Å². The Hall–Kier alpha value is -1.77. The number of oxazole rings is 1. The van der Waals surface area contributed by atoms with Gasteiger partial charge in [-0.3, -0.25) is 0 Å². The van der Waals surface area contributed by atoms with Crippen LogP contribution >= 0.6 is 0 Å². The van der Waals surface area contributed by atoms with Crippen LogP contribution < -0.4 is 5.73 Å². The molecule has 2 aromatic rings. The minimum atomic E-state index is 0.142. The Morgan fingerprint density at radius 1 is 1.05 bits per heavy atom. The topological polar surface area (TPSA) is 52.0 Å². The van der Waals surface area contributed by atoms with Gasteiger partial charge in [0.2, 0.25) is 0 Å². The summed E-state index contributed by atoms with van der Waals surface area (Å²) in [5, 5.41) is 0. The van der Waals surface area contributed by atoms with Gasteiger partial charge < -0.3 is 10.2 Å². The second kappa shape index (κ2) is 4.41. The minimum absolute atomic E-state index is 0.142. The highest BCUT2D eigenvalue weighted by molar-refractivity contribution is 5.69. The number of rotatable bonds is 1. The van der Waals surface area contributed by atoms with Crippen molar-refractivity contribution in [3.8, 4) is 11.3 Å². The highest BCUT2D eigenvalue weighted by Gasteiger charge is 2.19. The number of aryl methyl sites for hydroxylation is 3. The quantitative estimate of drug-likeness (QED) is 0.836. The number of hydrogen-bond donors (Lipinski definition) is 1. The molecule has 1 aromatic heterocycles. The molecule has 1 aromatic carbocycles. The molecule has 0 saturated carbocycles. The number of hydrogen-bond acceptors (Lipinski definition) is 3. The van der Waals surface area contributed by atoms with Crippen molar-refractivity contribution in [2.75, 3.05) is 5.73 Å². The van der Waals surface area contributed by atoms with Gasteiger partial charge in [-0.05, 0) is 42.9 Å². The van der Waals surface area contributed by atoms with Gasteiger partial charge in [0.05, 0.1) is 5.69 Å². The second-order valence-corrected chi connectivity index (χ2v) is 6.20. The van der Waals surface area contributed by atoms with Gasteiger partial charge in [0.25, 0.3) is 6.01 Å². The smallest absolute Gasteiger partial charge is 0.292 e. The molecule has 1 heterocycles. The molecule has 0 aliphatic carbocycles. The van der Waals surface area contributed by atoms with Crippen LogP contribution in [-0.2, 0) is 5.41 Å². The molecular formula is C16H22N2O. The van der Waals surface area contributed by atoms with E-state index in [9.17, 15) is 0 Å². The molecule has 2 rings (SSSR count). The lowest BCUT2D eigenvalue weighted by atomic mass is 9.83. The van der Waals surface area contributed by atoms with Gasteiger partial charge in [-0.1, -0.05) is 32.9 Å². The van der Waals surface area contributed by atoms with Crippen LogP contribution in [0.25, 0.3) is 11.3 Å². The van der Waals surface area contributed by atoms with Crippen LogP contribution in [0.1, 0.15) is 43.2 Å². The van der Waals surface area contributed by atoms with Crippen molar-refractivity contribution in [2.45, 2.75) is 47.0 Å². The summed E-state index contributed by atoms with van der Waals surface area (Å²) >= 11 is 0. The summed E-state index contributed by atoms with van der Waals surface area (Å²) in [5.74, 6) is 0.785. The van der Waals surface area contributed by atoms with Crippen molar-refractivity contribution >= 4 is 6.01 Å². The predicted octanol–water partition coefficient (Wildman–Crippen LogP) is 4.15. The average molecular weight is 258 g/mol. The molecule has 0 spiro atoms. The van der Waals surface area contributed by atoms with Crippen molar-refractivity contribution < 1.29 is 4.42 Å². The molecule has 0 bridgehead atoms. The van der Waals surface area contributed by atoms with E-state index < -0.39 is 0 Å². The number of nitrogens with two attached hydrogens (primary N) is 1. The first-order chi connectivity index (χ1) is 8.70. The van der Waals surface area contributed by atoms with Crippen molar-refractivity contribution in [1.29, 1.82) is 0 Å². The third kappa shape index (κ3) is 2.50. The van der Waals surface area contributed by atoms with Gasteiger partial charge in [-0.2, -0.15) is 4.98 Å². The molecule has 0 aliphatic heterocycles. The first kappa shape index (κ1) is 13.7. The third-order valence-electron chi connectivity index (χ3n) is 3.44. The molecule has 0 saturated heterocycles. The van der Waals surface area contributed by atoms with E-state index in [1.165, 1.54) is 16.7 Å². The van der Waals surface area contributed by atoms with Gasteiger partial charge in [0, 0.05) is 5.56 Å². The molecule has 0 radical (unpaired) electrons. The fourth-order valence-corrected chi connectivity index (χ4v) is 2.40. The van der Waals surface area contributed by atoms with Crippen LogP contribution in [0.2, 0.25) is 0 Å². The van der Waals surface area contributed by atoms with Gasteiger partial charge in [0.1, 0.15) is 0 Å². The third-order valence-corrected chi connectivity index (χ3v) is 3.44. The summed E-state index contributed by atoms with van der Waals surface area (Å²) in [6.45, 7) is 12.8. The van der Waals surface area contributed by atoms with E-state index in [0.29, 0.717) is 0 Å². The first-order valence-electron chi connectivity index (χ1n) is 6.55. The molecule has 0 aliphatic rings. The van der Waals surface area contributed by atoms with Crippen LogP contribution in [0.5, 0.6) is 0 Å². The summed E-state index contributed by atoms with van der Waals surface area (Å²) in [5.41, 5.74) is 11.5. The number of nitrogens with zero attached hydrogens (tertiary/aromatic N) is 1. The predicted molar refractivity (Wildman–Crippen MR) is 79.3 cm³/mol. The second-order valence-electron chi connectivity index (χ2n) is 6.20. The number of aromatic nitrogens is 1. The maximum atomic E-state index is 5.64. The summed E-state index contributed by atoms with van der Waals surface area (Å²) < 4.78 is 5.55. The molecule has 3 heteroatoms. The van der Waals surface area contributed by atoms with E-state index in [0.717, 1.165) is 17.0 Å². The summed E-state index contributed by atoms with van der Waals surface area (Å²) in [6.07, 6.45) is 0. The molecule has 19 heavy (non-hydrogen) atoms. The lowest BCUT2D eigenvalue weighted by Crippen LogP contribution is -2.12. The largest absolute Gasteiger partial charge is 0.423 e. The fraction of sp³-hybridized carbons (Fsp3) is 0.438. The molecule has 0 unspecified atom stereocenters. The van der Waals surface area contributed by atoms with Crippen LogP contribution in [0.3, 0.4) is 0 Å². The molecule has 102 valence electrons. The van der Waals surface area contributed by atoms with Crippen molar-refractivity contribution in [1.82, 2.24) is 4.98 Å². The van der Waals surface area contributed by atoms with E-state index in [2.05, 4.69) is 51.7 Å². The maximum Gasteiger partial charge on any atom is 0.292 e. The zero-order valence-corrected chi connectivity index (χ0v) is 12.6. The monoisotopic (exact) mass is 258 g/mol. The van der Waals surface area contributed by atoms with Gasteiger partial charge in [-0.25, -0.2) is 0 Å². The lowest BCUT2D eigenvalue weighted by molar-refractivity contribution is 0.585. The first-order valence-corrected chi connectivity index (χ1v) is 6.55. The van der Waals surface area contributed by atoms with E-state index in [1.807, 2.05) is 6.92 Å². The zero-order valence-electron chi connectivity index (χ0n) is 12.6. The summed E-state index contributed by atoms with van der Waals surface area (Å²) in [4.78, 5) is 4.15. The molecular weight excluding hydrogens is 236 g/mol. The van der Waals surface area contributed by atoms with E-state index in [4.69, 9.17) is 10.2 Å². The molecule has 0 fully saturated rings. The Labute approximate surface area is 114 Å². The number of anilines is 1. The summed E-state index contributed by atoms with van der Waals surface area (Å²) in [6, 6.07) is 4.67. The van der Waals surface area contributed by atoms with E-state index in [-0.39, 0.29) is 11.4 Å².